The standard InChI is InChI=1S/C13H16O.C2H6/c1-4-13(14)11-8-6-5-7-10(11)9-12(13,2)3;1-2/h4-8,14H,1,9H2,2-3H3;1-2H3. The molecule has 1 N–H and O–H groups in total. The van der Waals surface area contributed by atoms with Crippen LogP contribution in [0.3, 0.4) is 0 Å². The normalized spacial score (nSPS) is 25.3. The summed E-state index contributed by atoms with van der Waals surface area (Å²) < 4.78 is 0. The zero-order valence-electron chi connectivity index (χ0n) is 10.7. The summed E-state index contributed by atoms with van der Waals surface area (Å²) in [7, 11) is 0. The van der Waals surface area contributed by atoms with Crippen LogP contribution in [0, 0.1) is 5.41 Å². The molecule has 88 valence electrons. The molecule has 1 aliphatic carbocycles. The number of benzene rings is 1. The highest BCUT2D eigenvalue weighted by atomic mass is 16.3. The number of fused-ring (bicyclic) bond motifs is 1. The van der Waals surface area contributed by atoms with E-state index in [2.05, 4.69) is 26.5 Å². The van der Waals surface area contributed by atoms with Gasteiger partial charge in [-0.15, -0.1) is 0 Å². The molecule has 1 heteroatoms. The maximum atomic E-state index is 10.6. The lowest BCUT2D eigenvalue weighted by atomic mass is 9.76. The predicted octanol–water partition coefficient (Wildman–Crippen LogP) is 3.67. The van der Waals surface area contributed by atoms with Crippen molar-refractivity contribution in [1.82, 2.24) is 0 Å². The van der Waals surface area contributed by atoms with Gasteiger partial charge in [-0.3, -0.25) is 0 Å². The molecule has 1 aromatic carbocycles. The lowest BCUT2D eigenvalue weighted by Gasteiger charge is -2.34. The lowest BCUT2D eigenvalue weighted by molar-refractivity contribution is -0.0134. The van der Waals surface area contributed by atoms with E-state index in [-0.39, 0.29) is 5.41 Å². The number of hydrogen-bond donors (Lipinski definition) is 1. The molecule has 1 aromatic rings. The van der Waals surface area contributed by atoms with E-state index in [0.717, 1.165) is 12.0 Å². The highest BCUT2D eigenvalue weighted by Crippen LogP contribution is 2.50. The summed E-state index contributed by atoms with van der Waals surface area (Å²) in [5.74, 6) is 0. The first-order valence-corrected chi connectivity index (χ1v) is 5.95. The van der Waals surface area contributed by atoms with Gasteiger partial charge in [0.1, 0.15) is 5.60 Å². The highest BCUT2D eigenvalue weighted by molar-refractivity contribution is 5.43. The van der Waals surface area contributed by atoms with Crippen LogP contribution in [0.4, 0.5) is 0 Å². The van der Waals surface area contributed by atoms with Gasteiger partial charge in [-0.25, -0.2) is 0 Å². The zero-order chi connectivity index (χ0) is 12.4. The molecule has 0 aliphatic heterocycles. The third kappa shape index (κ3) is 1.69. The van der Waals surface area contributed by atoms with Gasteiger partial charge in [0, 0.05) is 5.41 Å². The van der Waals surface area contributed by atoms with Crippen LogP contribution in [-0.2, 0) is 12.0 Å². The molecular weight excluding hydrogens is 196 g/mol. The molecule has 16 heavy (non-hydrogen) atoms. The summed E-state index contributed by atoms with van der Waals surface area (Å²) in [5, 5.41) is 10.6. The smallest absolute Gasteiger partial charge is 0.113 e. The summed E-state index contributed by atoms with van der Waals surface area (Å²) in [6.45, 7) is 11.9. The predicted molar refractivity (Wildman–Crippen MR) is 69.4 cm³/mol. The highest BCUT2D eigenvalue weighted by Gasteiger charge is 2.48. The van der Waals surface area contributed by atoms with Crippen molar-refractivity contribution < 1.29 is 5.11 Å². The molecule has 0 spiro atoms. The van der Waals surface area contributed by atoms with Crippen molar-refractivity contribution in [3.8, 4) is 0 Å². The number of aliphatic hydroxyl groups is 1. The monoisotopic (exact) mass is 218 g/mol. The van der Waals surface area contributed by atoms with Gasteiger partial charge in [-0.2, -0.15) is 0 Å². The van der Waals surface area contributed by atoms with E-state index in [9.17, 15) is 5.11 Å². The Balaban J connectivity index is 0.000000606. The van der Waals surface area contributed by atoms with E-state index in [0.29, 0.717) is 0 Å². The molecule has 1 unspecified atom stereocenters. The van der Waals surface area contributed by atoms with Crippen LogP contribution >= 0.6 is 0 Å². The summed E-state index contributed by atoms with van der Waals surface area (Å²) in [6, 6.07) is 8.06. The Morgan fingerprint density at radius 1 is 1.25 bits per heavy atom. The molecule has 0 bridgehead atoms. The first kappa shape index (κ1) is 13.0. The second kappa shape index (κ2) is 4.42. The first-order chi connectivity index (χ1) is 7.51. The Hall–Kier alpha value is -1.08. The molecule has 0 fully saturated rings. The van der Waals surface area contributed by atoms with Crippen molar-refractivity contribution in [1.29, 1.82) is 0 Å². The summed E-state index contributed by atoms with van der Waals surface area (Å²) >= 11 is 0. The van der Waals surface area contributed by atoms with Crippen LogP contribution in [0.25, 0.3) is 0 Å². The minimum atomic E-state index is -0.871. The van der Waals surface area contributed by atoms with Crippen molar-refractivity contribution in [2.24, 2.45) is 5.41 Å². The van der Waals surface area contributed by atoms with Gasteiger partial charge in [-0.05, 0) is 17.5 Å². The fourth-order valence-corrected chi connectivity index (χ4v) is 2.41. The Bertz CT molecular complexity index is 379. The third-order valence-corrected chi connectivity index (χ3v) is 3.39. The van der Waals surface area contributed by atoms with Gasteiger partial charge in [0.15, 0.2) is 0 Å². The molecule has 2 rings (SSSR count). The molecular formula is C15H22O. The molecule has 1 nitrogen and oxygen atoms in total. The topological polar surface area (TPSA) is 20.2 Å². The molecule has 1 atom stereocenters. The van der Waals surface area contributed by atoms with Gasteiger partial charge in [0.25, 0.3) is 0 Å². The summed E-state index contributed by atoms with van der Waals surface area (Å²) in [4.78, 5) is 0. The number of rotatable bonds is 1. The Labute approximate surface area is 98.8 Å². The molecule has 0 heterocycles. The largest absolute Gasteiger partial charge is 0.380 e. The van der Waals surface area contributed by atoms with Gasteiger partial charge in [0.2, 0.25) is 0 Å². The quantitative estimate of drug-likeness (QED) is 0.713. The van der Waals surface area contributed by atoms with Gasteiger partial charge in [0.05, 0.1) is 0 Å². The van der Waals surface area contributed by atoms with E-state index in [1.54, 1.807) is 6.08 Å². The third-order valence-electron chi connectivity index (χ3n) is 3.39. The fraction of sp³-hybridized carbons (Fsp3) is 0.467. The molecule has 0 saturated heterocycles. The SMILES string of the molecule is C=CC1(O)c2ccccc2CC1(C)C.CC. The van der Waals surface area contributed by atoms with E-state index >= 15 is 0 Å². The molecule has 0 amide bonds. The second-order valence-corrected chi connectivity index (χ2v) is 4.69. The van der Waals surface area contributed by atoms with Crippen LogP contribution < -0.4 is 0 Å². The van der Waals surface area contributed by atoms with Crippen molar-refractivity contribution in [2.75, 3.05) is 0 Å². The van der Waals surface area contributed by atoms with Crippen LogP contribution in [-0.4, -0.2) is 5.11 Å². The van der Waals surface area contributed by atoms with Crippen LogP contribution in [0.15, 0.2) is 36.9 Å². The fourth-order valence-electron chi connectivity index (χ4n) is 2.41. The first-order valence-electron chi connectivity index (χ1n) is 5.95. The van der Waals surface area contributed by atoms with E-state index in [1.165, 1.54) is 5.56 Å². The Morgan fingerprint density at radius 3 is 2.38 bits per heavy atom. The molecule has 1 aliphatic rings. The number of hydrogen-bond acceptors (Lipinski definition) is 1. The van der Waals surface area contributed by atoms with Crippen LogP contribution in [0.2, 0.25) is 0 Å². The average molecular weight is 218 g/mol. The second-order valence-electron chi connectivity index (χ2n) is 4.69. The average Bonchev–Trinajstić information content (AvgIpc) is 2.50. The van der Waals surface area contributed by atoms with Gasteiger partial charge < -0.3 is 5.11 Å². The van der Waals surface area contributed by atoms with Crippen LogP contribution in [0.5, 0.6) is 0 Å². The lowest BCUT2D eigenvalue weighted by Crippen LogP contribution is -2.36. The summed E-state index contributed by atoms with van der Waals surface area (Å²) in [6.07, 6.45) is 2.57. The Morgan fingerprint density at radius 2 is 1.81 bits per heavy atom. The minimum absolute atomic E-state index is 0.154. The van der Waals surface area contributed by atoms with Gasteiger partial charge in [-0.1, -0.05) is 64.6 Å². The molecule has 0 saturated carbocycles. The van der Waals surface area contributed by atoms with Crippen molar-refractivity contribution in [3.05, 3.63) is 48.0 Å². The van der Waals surface area contributed by atoms with E-state index in [4.69, 9.17) is 0 Å². The van der Waals surface area contributed by atoms with Crippen molar-refractivity contribution in [2.45, 2.75) is 39.7 Å². The maximum Gasteiger partial charge on any atom is 0.113 e. The van der Waals surface area contributed by atoms with Crippen molar-refractivity contribution >= 4 is 0 Å². The summed E-state index contributed by atoms with van der Waals surface area (Å²) in [5.41, 5.74) is 1.22. The van der Waals surface area contributed by atoms with E-state index in [1.807, 2.05) is 32.0 Å². The van der Waals surface area contributed by atoms with Crippen LogP contribution in [0.1, 0.15) is 38.8 Å². The van der Waals surface area contributed by atoms with E-state index < -0.39 is 5.60 Å². The Kier molecular flexibility index (Phi) is 3.59. The molecule has 0 radical (unpaired) electrons. The zero-order valence-corrected chi connectivity index (χ0v) is 10.7. The van der Waals surface area contributed by atoms with Crippen molar-refractivity contribution in [3.63, 3.8) is 0 Å². The minimum Gasteiger partial charge on any atom is -0.380 e. The van der Waals surface area contributed by atoms with Gasteiger partial charge >= 0.3 is 0 Å². The molecule has 0 aromatic heterocycles. The maximum absolute atomic E-state index is 10.6.